The van der Waals surface area contributed by atoms with Crippen molar-refractivity contribution in [2.24, 2.45) is 0 Å². The molecule has 18 heavy (non-hydrogen) atoms. The lowest BCUT2D eigenvalue weighted by Crippen LogP contribution is -2.57. The van der Waals surface area contributed by atoms with Crippen LogP contribution >= 0.6 is 11.3 Å². The highest BCUT2D eigenvalue weighted by molar-refractivity contribution is 7.12. The number of amides is 2. The molecule has 0 aliphatic carbocycles. The minimum absolute atomic E-state index is 0.0265. The van der Waals surface area contributed by atoms with E-state index in [4.69, 9.17) is 0 Å². The first-order chi connectivity index (χ1) is 8.39. The second-order valence-electron chi connectivity index (χ2n) is 5.42. The van der Waals surface area contributed by atoms with Gasteiger partial charge < -0.3 is 9.80 Å². The molecule has 0 atom stereocenters. The van der Waals surface area contributed by atoms with Gasteiger partial charge in [-0.25, -0.2) is 0 Å². The zero-order valence-corrected chi connectivity index (χ0v) is 11.8. The zero-order valence-electron chi connectivity index (χ0n) is 11.0. The van der Waals surface area contributed by atoms with Gasteiger partial charge >= 0.3 is 0 Å². The van der Waals surface area contributed by atoms with Gasteiger partial charge in [0.1, 0.15) is 6.54 Å². The van der Waals surface area contributed by atoms with Crippen LogP contribution in [0, 0.1) is 0 Å². The molecule has 4 nitrogen and oxygen atoms in total. The number of carbonyl (C=O) groups is 2. The summed E-state index contributed by atoms with van der Waals surface area (Å²) >= 11 is 1.42. The fraction of sp³-hybridized carbons (Fsp3) is 0.538. The minimum atomic E-state index is -0.171. The Morgan fingerprint density at radius 3 is 2.56 bits per heavy atom. The van der Waals surface area contributed by atoms with E-state index in [1.807, 2.05) is 37.1 Å². The quantitative estimate of drug-likeness (QED) is 0.778. The van der Waals surface area contributed by atoms with Crippen molar-refractivity contribution < 1.29 is 9.59 Å². The summed E-state index contributed by atoms with van der Waals surface area (Å²) in [4.78, 5) is 28.4. The summed E-state index contributed by atoms with van der Waals surface area (Å²) in [7, 11) is 0. The number of piperazine rings is 1. The van der Waals surface area contributed by atoms with Gasteiger partial charge in [0, 0.05) is 18.6 Å². The summed E-state index contributed by atoms with van der Waals surface area (Å²) in [5.41, 5.74) is -0.171. The van der Waals surface area contributed by atoms with Crippen molar-refractivity contribution in [2.75, 3.05) is 19.6 Å². The minimum Gasteiger partial charge on any atom is -0.335 e. The molecule has 2 amide bonds. The Hall–Kier alpha value is -1.36. The van der Waals surface area contributed by atoms with E-state index in [-0.39, 0.29) is 23.9 Å². The Morgan fingerprint density at radius 2 is 2.06 bits per heavy atom. The molecule has 0 saturated carbocycles. The average Bonchev–Trinajstić information content (AvgIpc) is 2.79. The fourth-order valence-corrected chi connectivity index (χ4v) is 2.80. The standard InChI is InChI=1S/C13H18N2O2S/c1-13(2,3)15-7-6-14(9-11(15)16)12(17)10-5-4-8-18-10/h4-5,8H,6-7,9H2,1-3H3. The van der Waals surface area contributed by atoms with Crippen LogP contribution in [0.1, 0.15) is 30.4 Å². The van der Waals surface area contributed by atoms with Gasteiger partial charge in [0.15, 0.2) is 0 Å². The van der Waals surface area contributed by atoms with Crippen LogP contribution in [0.5, 0.6) is 0 Å². The molecular formula is C13H18N2O2S. The number of thiophene rings is 1. The molecule has 1 aromatic heterocycles. The Labute approximate surface area is 111 Å². The molecule has 0 spiro atoms. The van der Waals surface area contributed by atoms with Gasteiger partial charge in [-0.3, -0.25) is 9.59 Å². The molecule has 1 saturated heterocycles. The first-order valence-electron chi connectivity index (χ1n) is 6.03. The van der Waals surface area contributed by atoms with Crippen molar-refractivity contribution >= 4 is 23.2 Å². The first kappa shape index (κ1) is 13.1. The molecule has 0 bridgehead atoms. The summed E-state index contributed by atoms with van der Waals surface area (Å²) in [6.45, 7) is 7.46. The molecule has 2 rings (SSSR count). The normalized spacial score (nSPS) is 17.2. The molecule has 5 heteroatoms. The maximum Gasteiger partial charge on any atom is 0.264 e. The number of hydrogen-bond donors (Lipinski definition) is 0. The third-order valence-corrected chi connectivity index (χ3v) is 3.91. The van der Waals surface area contributed by atoms with E-state index in [1.54, 1.807) is 11.0 Å². The topological polar surface area (TPSA) is 40.6 Å². The van der Waals surface area contributed by atoms with Crippen molar-refractivity contribution in [1.29, 1.82) is 0 Å². The lowest BCUT2D eigenvalue weighted by molar-refractivity contribution is -0.140. The van der Waals surface area contributed by atoms with Crippen molar-refractivity contribution in [3.8, 4) is 0 Å². The van der Waals surface area contributed by atoms with Crippen LogP contribution in [0.15, 0.2) is 17.5 Å². The zero-order chi connectivity index (χ0) is 13.3. The Balaban J connectivity index is 2.05. The SMILES string of the molecule is CC(C)(C)N1CCN(C(=O)c2cccs2)CC1=O. The van der Waals surface area contributed by atoms with Gasteiger partial charge in [-0.2, -0.15) is 0 Å². The molecular weight excluding hydrogens is 248 g/mol. The summed E-state index contributed by atoms with van der Waals surface area (Å²) in [6.07, 6.45) is 0. The van der Waals surface area contributed by atoms with Crippen LogP contribution in [-0.2, 0) is 4.79 Å². The molecule has 1 fully saturated rings. The monoisotopic (exact) mass is 266 g/mol. The number of nitrogens with zero attached hydrogens (tertiary/aromatic N) is 2. The van der Waals surface area contributed by atoms with E-state index in [9.17, 15) is 9.59 Å². The Kier molecular flexibility index (Phi) is 3.43. The third-order valence-electron chi connectivity index (χ3n) is 3.05. The van der Waals surface area contributed by atoms with Gasteiger partial charge in [-0.1, -0.05) is 6.07 Å². The largest absolute Gasteiger partial charge is 0.335 e. The molecule has 0 N–H and O–H groups in total. The van der Waals surface area contributed by atoms with Gasteiger partial charge in [0.05, 0.1) is 4.88 Å². The summed E-state index contributed by atoms with van der Waals surface area (Å²) in [5.74, 6) is -0.00874. The Bertz CT molecular complexity index is 448. The van der Waals surface area contributed by atoms with Crippen LogP contribution in [0.25, 0.3) is 0 Å². The Morgan fingerprint density at radius 1 is 1.33 bits per heavy atom. The van der Waals surface area contributed by atoms with Crippen LogP contribution in [0.4, 0.5) is 0 Å². The second-order valence-corrected chi connectivity index (χ2v) is 6.37. The molecule has 1 aliphatic rings. The summed E-state index contributed by atoms with van der Waals surface area (Å²) < 4.78 is 0. The van der Waals surface area contributed by atoms with Crippen molar-refractivity contribution in [2.45, 2.75) is 26.3 Å². The molecule has 0 aromatic carbocycles. The second kappa shape index (κ2) is 4.72. The summed E-state index contributed by atoms with van der Waals surface area (Å²) in [5, 5.41) is 1.88. The predicted octanol–water partition coefficient (Wildman–Crippen LogP) is 1.83. The highest BCUT2D eigenvalue weighted by Gasteiger charge is 2.33. The lowest BCUT2D eigenvalue weighted by Gasteiger charge is -2.41. The fourth-order valence-electron chi connectivity index (χ4n) is 2.11. The lowest BCUT2D eigenvalue weighted by atomic mass is 10.0. The van der Waals surface area contributed by atoms with Crippen molar-refractivity contribution in [3.63, 3.8) is 0 Å². The van der Waals surface area contributed by atoms with E-state index in [0.29, 0.717) is 18.0 Å². The first-order valence-corrected chi connectivity index (χ1v) is 6.91. The van der Waals surface area contributed by atoms with E-state index in [0.717, 1.165) is 0 Å². The van der Waals surface area contributed by atoms with E-state index >= 15 is 0 Å². The van der Waals surface area contributed by atoms with Crippen LogP contribution in [0.2, 0.25) is 0 Å². The van der Waals surface area contributed by atoms with Gasteiger partial charge in [0.25, 0.3) is 5.91 Å². The van der Waals surface area contributed by atoms with Gasteiger partial charge in [-0.05, 0) is 32.2 Å². The van der Waals surface area contributed by atoms with E-state index < -0.39 is 0 Å². The predicted molar refractivity (Wildman–Crippen MR) is 71.7 cm³/mol. The van der Waals surface area contributed by atoms with E-state index in [1.165, 1.54) is 11.3 Å². The van der Waals surface area contributed by atoms with E-state index in [2.05, 4.69) is 0 Å². The smallest absolute Gasteiger partial charge is 0.264 e. The highest BCUT2D eigenvalue weighted by atomic mass is 32.1. The van der Waals surface area contributed by atoms with Crippen molar-refractivity contribution in [3.05, 3.63) is 22.4 Å². The maximum atomic E-state index is 12.1. The molecule has 0 radical (unpaired) electrons. The number of carbonyl (C=O) groups excluding carboxylic acids is 2. The molecule has 1 aromatic rings. The number of hydrogen-bond acceptors (Lipinski definition) is 3. The van der Waals surface area contributed by atoms with Crippen LogP contribution in [0.3, 0.4) is 0 Å². The van der Waals surface area contributed by atoms with Gasteiger partial charge in [0.2, 0.25) is 5.91 Å². The highest BCUT2D eigenvalue weighted by Crippen LogP contribution is 2.19. The summed E-state index contributed by atoms with van der Waals surface area (Å²) in [6, 6.07) is 3.65. The van der Waals surface area contributed by atoms with Crippen LogP contribution < -0.4 is 0 Å². The van der Waals surface area contributed by atoms with Crippen LogP contribution in [-0.4, -0.2) is 46.8 Å². The third kappa shape index (κ3) is 2.56. The maximum absolute atomic E-state index is 12.1. The molecule has 2 heterocycles. The molecule has 98 valence electrons. The molecule has 1 aliphatic heterocycles. The average molecular weight is 266 g/mol. The number of rotatable bonds is 1. The molecule has 0 unspecified atom stereocenters. The van der Waals surface area contributed by atoms with Crippen molar-refractivity contribution in [1.82, 2.24) is 9.80 Å². The van der Waals surface area contributed by atoms with Gasteiger partial charge in [-0.15, -0.1) is 11.3 Å².